The second-order valence-corrected chi connectivity index (χ2v) is 11.5. The van der Waals surface area contributed by atoms with E-state index >= 15 is 0 Å². The Morgan fingerprint density at radius 3 is 2.64 bits per heavy atom. The van der Waals surface area contributed by atoms with Crippen LogP contribution in [0.2, 0.25) is 0 Å². The summed E-state index contributed by atoms with van der Waals surface area (Å²) in [7, 11) is 1.63. The van der Waals surface area contributed by atoms with E-state index in [1.54, 1.807) is 13.4 Å². The van der Waals surface area contributed by atoms with Crippen LogP contribution in [-0.4, -0.2) is 84.3 Å². The van der Waals surface area contributed by atoms with Gasteiger partial charge in [-0.2, -0.15) is 0 Å². The number of ether oxygens (including phenoxy) is 2. The molecule has 3 N–H and O–H groups in total. The van der Waals surface area contributed by atoms with E-state index < -0.39 is 0 Å². The Morgan fingerprint density at radius 2 is 1.86 bits per heavy atom. The second kappa shape index (κ2) is 13.4. The maximum absolute atomic E-state index is 13.2. The van der Waals surface area contributed by atoms with Crippen LogP contribution < -0.4 is 14.8 Å². The van der Waals surface area contributed by atoms with Gasteiger partial charge in [-0.05, 0) is 55.5 Å². The molecule has 2 fully saturated rings. The number of aliphatic hydroxyl groups excluding tert-OH is 1. The predicted octanol–water partition coefficient (Wildman–Crippen LogP) is 4.82. The van der Waals surface area contributed by atoms with Crippen molar-refractivity contribution in [3.05, 3.63) is 60.0 Å². The Morgan fingerprint density at radius 1 is 1.07 bits per heavy atom. The molecule has 2 aromatic carbocycles. The van der Waals surface area contributed by atoms with Crippen molar-refractivity contribution in [3.8, 4) is 11.5 Å². The molecule has 1 amide bonds. The van der Waals surface area contributed by atoms with Gasteiger partial charge in [0.05, 0.1) is 19.5 Å². The first-order valence-electron chi connectivity index (χ1n) is 14.7. The van der Waals surface area contributed by atoms with Crippen LogP contribution in [0.4, 0.5) is 0 Å². The van der Waals surface area contributed by atoms with E-state index in [9.17, 15) is 9.90 Å². The third kappa shape index (κ3) is 6.70. The number of carbonyl (C=O) groups excluding carboxylic acids is 1. The van der Waals surface area contributed by atoms with Gasteiger partial charge in [0.1, 0.15) is 29.4 Å². The van der Waals surface area contributed by atoms with Crippen LogP contribution in [-0.2, 0) is 6.61 Å². The van der Waals surface area contributed by atoms with Gasteiger partial charge >= 0.3 is 0 Å². The molecule has 2 saturated heterocycles. The largest absolute Gasteiger partial charge is 0.497 e. The summed E-state index contributed by atoms with van der Waals surface area (Å²) in [5.41, 5.74) is 3.11. The predicted molar refractivity (Wildman–Crippen MR) is 166 cm³/mol. The standard InChI is InChI=1S/C32H40N4O5.ClH/c1-21-18-36(13-10-29(21)37)15-14-35-11-8-23(9-12-35)33-32(38)28-17-26-27(34-28)4-3-5-30(26)40-19-22-20-41-31-16-24(39-2)6-7-25(22)31;/h3-7,16-17,20-21,23,29,34,37H,8-15,18-19H2,1-2H3,(H,33,38);1H/t21-,29-;/m0./s1. The number of fused-ring (bicyclic) bond motifs is 2. The number of methoxy groups -OCH3 is 1. The number of aromatic amines is 1. The summed E-state index contributed by atoms with van der Waals surface area (Å²) in [5.74, 6) is 1.73. The van der Waals surface area contributed by atoms with Gasteiger partial charge in [-0.1, -0.05) is 13.0 Å². The molecule has 4 aromatic rings. The molecule has 2 aliphatic heterocycles. The van der Waals surface area contributed by atoms with E-state index in [-0.39, 0.29) is 30.5 Å². The molecule has 2 aliphatic rings. The maximum atomic E-state index is 13.2. The molecule has 2 atom stereocenters. The number of nitrogens with zero attached hydrogens (tertiary/aromatic N) is 2. The van der Waals surface area contributed by atoms with Gasteiger partial charge < -0.3 is 39.1 Å². The number of amides is 1. The molecule has 0 aliphatic carbocycles. The van der Waals surface area contributed by atoms with Gasteiger partial charge in [-0.3, -0.25) is 4.79 Å². The SMILES string of the molecule is COc1ccc2c(COc3cccc4[nH]c(C(=O)NC5CCN(CCN6CC[C@H](O)[C@@H](C)C6)CC5)cc34)coc2c1.Cl. The smallest absolute Gasteiger partial charge is 0.267 e. The lowest BCUT2D eigenvalue weighted by atomic mass is 9.97. The first kappa shape index (κ1) is 30.2. The number of piperidine rings is 2. The van der Waals surface area contributed by atoms with E-state index in [4.69, 9.17) is 13.9 Å². The molecule has 6 rings (SSSR count). The molecular weight excluding hydrogens is 556 g/mol. The molecule has 0 unspecified atom stereocenters. The van der Waals surface area contributed by atoms with Gasteiger partial charge in [-0.25, -0.2) is 0 Å². The number of aliphatic hydroxyl groups is 1. The molecule has 2 aromatic heterocycles. The minimum absolute atomic E-state index is 0. The molecule has 9 nitrogen and oxygen atoms in total. The Balaban J connectivity index is 0.00000353. The maximum Gasteiger partial charge on any atom is 0.267 e. The number of hydrogen-bond donors (Lipinski definition) is 3. The van der Waals surface area contributed by atoms with Crippen LogP contribution in [0, 0.1) is 5.92 Å². The fraction of sp³-hybridized carbons (Fsp3) is 0.469. The van der Waals surface area contributed by atoms with Crippen molar-refractivity contribution in [1.29, 1.82) is 0 Å². The van der Waals surface area contributed by atoms with Crippen LogP contribution in [0.5, 0.6) is 11.5 Å². The highest BCUT2D eigenvalue weighted by atomic mass is 35.5. The average molecular weight is 597 g/mol. The number of benzene rings is 2. The van der Waals surface area contributed by atoms with Crippen molar-refractivity contribution >= 4 is 40.2 Å². The monoisotopic (exact) mass is 596 g/mol. The lowest BCUT2D eigenvalue weighted by molar-refractivity contribution is 0.0301. The summed E-state index contributed by atoms with van der Waals surface area (Å²) < 4.78 is 17.2. The van der Waals surface area contributed by atoms with Crippen LogP contribution >= 0.6 is 12.4 Å². The van der Waals surface area contributed by atoms with Crippen molar-refractivity contribution in [1.82, 2.24) is 20.1 Å². The van der Waals surface area contributed by atoms with Gasteiger partial charge in [0.15, 0.2) is 0 Å². The fourth-order valence-electron chi connectivity index (χ4n) is 6.10. The molecule has 42 heavy (non-hydrogen) atoms. The van der Waals surface area contributed by atoms with Gasteiger partial charge in [0.2, 0.25) is 0 Å². The molecule has 226 valence electrons. The van der Waals surface area contributed by atoms with E-state index in [2.05, 4.69) is 27.0 Å². The first-order valence-corrected chi connectivity index (χ1v) is 14.7. The highest BCUT2D eigenvalue weighted by molar-refractivity contribution is 5.99. The van der Waals surface area contributed by atoms with E-state index in [1.807, 2.05) is 42.5 Å². The highest BCUT2D eigenvalue weighted by Gasteiger charge is 2.26. The number of likely N-dealkylation sites (tertiary alicyclic amines) is 2. The minimum Gasteiger partial charge on any atom is -0.497 e. The second-order valence-electron chi connectivity index (χ2n) is 11.5. The Bertz CT molecular complexity index is 1490. The number of aromatic nitrogens is 1. The zero-order valence-electron chi connectivity index (χ0n) is 24.3. The van der Waals surface area contributed by atoms with E-state index in [0.717, 1.165) is 91.7 Å². The van der Waals surface area contributed by atoms with Crippen molar-refractivity contribution in [3.63, 3.8) is 0 Å². The number of nitrogens with one attached hydrogen (secondary N) is 2. The van der Waals surface area contributed by atoms with Crippen LogP contribution in [0.1, 0.15) is 42.2 Å². The molecular formula is C32H41ClN4O5. The number of halogens is 1. The Kier molecular flexibility index (Phi) is 9.63. The number of carbonyl (C=O) groups is 1. The zero-order valence-corrected chi connectivity index (χ0v) is 25.1. The molecule has 10 heteroatoms. The lowest BCUT2D eigenvalue weighted by Gasteiger charge is -2.37. The summed E-state index contributed by atoms with van der Waals surface area (Å²) in [6.07, 6.45) is 4.31. The van der Waals surface area contributed by atoms with Gasteiger partial charge in [0, 0.05) is 73.2 Å². The number of rotatable bonds is 9. The van der Waals surface area contributed by atoms with Crippen LogP contribution in [0.15, 0.2) is 53.1 Å². The van der Waals surface area contributed by atoms with Crippen molar-refractivity contribution < 1.29 is 23.8 Å². The average Bonchev–Trinajstić information content (AvgIpc) is 3.62. The number of hydrogen-bond acceptors (Lipinski definition) is 7. The number of H-pyrrole nitrogens is 1. The summed E-state index contributed by atoms with van der Waals surface area (Å²) in [5, 5.41) is 15.1. The quantitative estimate of drug-likeness (QED) is 0.254. The van der Waals surface area contributed by atoms with Gasteiger partial charge in [0.25, 0.3) is 5.91 Å². The summed E-state index contributed by atoms with van der Waals surface area (Å²) >= 11 is 0. The van der Waals surface area contributed by atoms with E-state index in [0.29, 0.717) is 24.0 Å². The van der Waals surface area contributed by atoms with E-state index in [1.165, 1.54) is 0 Å². The first-order chi connectivity index (χ1) is 20.0. The lowest BCUT2D eigenvalue weighted by Crippen LogP contribution is -2.48. The van der Waals surface area contributed by atoms with Crippen LogP contribution in [0.25, 0.3) is 21.9 Å². The molecule has 0 bridgehead atoms. The molecule has 0 radical (unpaired) electrons. The zero-order chi connectivity index (χ0) is 28.3. The third-order valence-corrected chi connectivity index (χ3v) is 8.71. The summed E-state index contributed by atoms with van der Waals surface area (Å²) in [6, 6.07) is 13.6. The van der Waals surface area contributed by atoms with Crippen LogP contribution in [0.3, 0.4) is 0 Å². The molecule has 4 heterocycles. The summed E-state index contributed by atoms with van der Waals surface area (Å²) in [6.45, 7) is 8.48. The highest BCUT2D eigenvalue weighted by Crippen LogP contribution is 2.30. The summed E-state index contributed by atoms with van der Waals surface area (Å²) in [4.78, 5) is 21.4. The Hall–Kier alpha value is -3.24. The topological polar surface area (TPSA) is 103 Å². The minimum atomic E-state index is -0.157. The van der Waals surface area contributed by atoms with Gasteiger partial charge in [-0.15, -0.1) is 12.4 Å². The van der Waals surface area contributed by atoms with Crippen molar-refractivity contribution in [2.24, 2.45) is 5.92 Å². The van der Waals surface area contributed by atoms with Crippen molar-refractivity contribution in [2.45, 2.75) is 44.9 Å². The molecule has 0 saturated carbocycles. The normalized spacial score (nSPS) is 20.5. The third-order valence-electron chi connectivity index (χ3n) is 8.71. The fourth-order valence-corrected chi connectivity index (χ4v) is 6.10. The molecule has 0 spiro atoms. The number of furan rings is 1. The Labute approximate surface area is 252 Å². The van der Waals surface area contributed by atoms with Crippen molar-refractivity contribution in [2.75, 3.05) is 46.4 Å².